The normalized spacial score (nSPS) is 11.1. The van der Waals surface area contributed by atoms with Crippen LogP contribution in [0.2, 0.25) is 0 Å². The number of aryl methyl sites for hydroxylation is 2. The summed E-state index contributed by atoms with van der Waals surface area (Å²) in [7, 11) is 0. The first-order valence-corrected chi connectivity index (χ1v) is 13.0. The molecule has 5 rings (SSSR count). The standard InChI is InChI=1S/C32H28N4O4/c1-3-4-7-19-10-12-20(13-11-19)35-36-26-15-14-21(16-18(26)2)40-32(39)24-17-25(33)27-28(29(24)34)31(38)23-9-6-5-8-22(23)30(27)37/h5-6,8-17,33-36H,3-4,7H2,1-2H3. The predicted octanol–water partition coefficient (Wildman–Crippen LogP) is 4.43. The minimum absolute atomic E-state index is 0.151. The van der Waals surface area contributed by atoms with Gasteiger partial charge >= 0.3 is 5.97 Å². The molecule has 0 spiro atoms. The second kappa shape index (κ2) is 10.9. The molecule has 0 fully saturated rings. The van der Waals surface area contributed by atoms with Crippen LogP contribution in [0.3, 0.4) is 0 Å². The molecule has 0 amide bonds. The Hall–Kier alpha value is -5.11. The van der Waals surface area contributed by atoms with Gasteiger partial charge in [0.05, 0.1) is 38.1 Å². The number of ether oxygens (including phenoxy) is 1. The smallest absolute Gasteiger partial charge is 0.345 e. The Kier molecular flexibility index (Phi) is 7.25. The van der Waals surface area contributed by atoms with Gasteiger partial charge in [0.1, 0.15) is 5.75 Å². The number of hydrogen-bond acceptors (Lipinski definition) is 8. The Labute approximate surface area is 229 Å². The molecule has 2 aliphatic carbocycles. The summed E-state index contributed by atoms with van der Waals surface area (Å²) in [5, 5.41) is 16.1. The van der Waals surface area contributed by atoms with Crippen LogP contribution in [0.1, 0.15) is 41.3 Å². The highest BCUT2D eigenvalue weighted by molar-refractivity contribution is 5.91. The summed E-state index contributed by atoms with van der Waals surface area (Å²) in [6.07, 6.45) is 3.38. The van der Waals surface area contributed by atoms with Gasteiger partial charge in [-0.15, -0.1) is 0 Å². The average molecular weight is 533 g/mol. The molecule has 0 aromatic heterocycles. The summed E-state index contributed by atoms with van der Waals surface area (Å²) in [5.74, 6) is -0.647. The van der Waals surface area contributed by atoms with Gasteiger partial charge in [-0.05, 0) is 67.3 Å². The number of benzene rings is 3. The molecule has 200 valence electrons. The summed E-state index contributed by atoms with van der Waals surface area (Å²) in [6.45, 7) is 4.03. The van der Waals surface area contributed by atoms with Gasteiger partial charge in [-0.2, -0.15) is 0 Å². The summed E-state index contributed by atoms with van der Waals surface area (Å²) in [5.41, 5.74) is 8.77. The molecule has 3 aromatic carbocycles. The van der Waals surface area contributed by atoms with E-state index >= 15 is 0 Å². The molecule has 0 atom stereocenters. The lowest BCUT2D eigenvalue weighted by Gasteiger charge is -2.14. The van der Waals surface area contributed by atoms with Gasteiger partial charge in [0.25, 0.3) is 0 Å². The first-order chi connectivity index (χ1) is 19.3. The summed E-state index contributed by atoms with van der Waals surface area (Å²) < 4.78 is 5.52. The fourth-order valence-electron chi connectivity index (χ4n) is 4.73. The van der Waals surface area contributed by atoms with Crippen LogP contribution in [0.5, 0.6) is 5.75 Å². The van der Waals surface area contributed by atoms with Gasteiger partial charge in [0, 0.05) is 10.8 Å². The van der Waals surface area contributed by atoms with Crippen LogP contribution < -0.4 is 37.2 Å². The van der Waals surface area contributed by atoms with E-state index in [2.05, 4.69) is 29.9 Å². The maximum Gasteiger partial charge on any atom is 0.345 e. The number of carbonyl (C=O) groups is 1. The van der Waals surface area contributed by atoms with Gasteiger partial charge in [-0.25, -0.2) is 4.79 Å². The molecule has 8 heteroatoms. The van der Waals surface area contributed by atoms with Crippen LogP contribution in [-0.2, 0) is 6.42 Å². The zero-order valence-electron chi connectivity index (χ0n) is 22.2. The summed E-state index contributed by atoms with van der Waals surface area (Å²) in [6, 6.07) is 20.6. The number of hydrazine groups is 1. The Morgan fingerprint density at radius 3 is 2.17 bits per heavy atom. The first kappa shape index (κ1) is 26.5. The van der Waals surface area contributed by atoms with E-state index in [0.29, 0.717) is 0 Å². The summed E-state index contributed by atoms with van der Waals surface area (Å²) >= 11 is 0. The molecule has 8 nitrogen and oxygen atoms in total. The van der Waals surface area contributed by atoms with Crippen LogP contribution in [0.15, 0.2) is 82.4 Å². The van der Waals surface area contributed by atoms with Crippen molar-refractivity contribution in [2.45, 2.75) is 33.1 Å². The van der Waals surface area contributed by atoms with Crippen molar-refractivity contribution >= 4 is 28.1 Å². The van der Waals surface area contributed by atoms with Crippen LogP contribution >= 0.6 is 0 Å². The molecule has 3 aromatic rings. The van der Waals surface area contributed by atoms with E-state index in [1.165, 1.54) is 17.7 Å². The Bertz CT molecular complexity index is 2030. The van der Waals surface area contributed by atoms with E-state index in [1.807, 2.05) is 19.1 Å². The zero-order chi connectivity index (χ0) is 28.4. The van der Waals surface area contributed by atoms with Crippen LogP contribution in [0, 0.1) is 28.2 Å². The molecule has 0 aliphatic heterocycles. The third kappa shape index (κ3) is 4.99. The average Bonchev–Trinajstić information content (AvgIpc) is 2.95. The molecule has 0 heterocycles. The van der Waals surface area contributed by atoms with Crippen molar-refractivity contribution in [3.63, 3.8) is 0 Å². The molecule has 0 saturated heterocycles. The van der Waals surface area contributed by atoms with Crippen molar-refractivity contribution in [2.24, 2.45) is 0 Å². The van der Waals surface area contributed by atoms with Crippen molar-refractivity contribution in [1.29, 1.82) is 10.8 Å². The van der Waals surface area contributed by atoms with Gasteiger partial charge in [0.15, 0.2) is 10.9 Å². The van der Waals surface area contributed by atoms with Crippen molar-refractivity contribution in [1.82, 2.24) is 0 Å². The number of anilines is 2. The van der Waals surface area contributed by atoms with Crippen molar-refractivity contribution in [3.05, 3.63) is 131 Å². The SMILES string of the molecule is CCCCc1ccc(NNc2ccc(OC(=O)c3cc(=N)c4c(=O)c5ccccc5c(=O)c=4c3=N)cc2C)cc1. The molecular weight excluding hydrogens is 504 g/mol. The van der Waals surface area contributed by atoms with Gasteiger partial charge < -0.3 is 21.0 Å². The van der Waals surface area contributed by atoms with Crippen LogP contribution in [0.4, 0.5) is 11.4 Å². The highest BCUT2D eigenvalue weighted by atomic mass is 16.5. The van der Waals surface area contributed by atoms with E-state index in [4.69, 9.17) is 15.6 Å². The van der Waals surface area contributed by atoms with Crippen molar-refractivity contribution in [3.8, 4) is 5.75 Å². The molecule has 2 aliphatic rings. The maximum atomic E-state index is 13.1. The predicted molar refractivity (Wildman–Crippen MR) is 154 cm³/mol. The Morgan fingerprint density at radius 1 is 0.850 bits per heavy atom. The molecular formula is C32H28N4O4. The van der Waals surface area contributed by atoms with Crippen molar-refractivity contribution in [2.75, 3.05) is 10.9 Å². The number of unbranched alkanes of at least 4 members (excludes halogenated alkanes) is 1. The lowest BCUT2D eigenvalue weighted by Crippen LogP contribution is -2.33. The second-order valence-electron chi connectivity index (χ2n) is 9.72. The van der Waals surface area contributed by atoms with E-state index < -0.39 is 22.2 Å². The van der Waals surface area contributed by atoms with Crippen LogP contribution in [-0.4, -0.2) is 5.97 Å². The lowest BCUT2D eigenvalue weighted by molar-refractivity contribution is 0.0732. The van der Waals surface area contributed by atoms with E-state index in [-0.39, 0.29) is 37.9 Å². The number of nitrogens with one attached hydrogen (secondary N) is 4. The number of esters is 1. The minimum Gasteiger partial charge on any atom is -0.423 e. The van der Waals surface area contributed by atoms with Gasteiger partial charge in [-0.1, -0.05) is 49.7 Å². The highest BCUT2D eigenvalue weighted by Gasteiger charge is 2.18. The zero-order valence-corrected chi connectivity index (χ0v) is 22.2. The topological polar surface area (TPSA) is 132 Å². The monoisotopic (exact) mass is 532 g/mol. The molecule has 0 bridgehead atoms. The quantitative estimate of drug-likeness (QED) is 0.133. The number of fused-ring (bicyclic) bond motifs is 1. The number of rotatable bonds is 8. The molecule has 4 N–H and O–H groups in total. The molecule has 0 unspecified atom stereocenters. The van der Waals surface area contributed by atoms with Gasteiger partial charge in [0.2, 0.25) is 0 Å². The Balaban J connectivity index is 1.38. The molecule has 0 radical (unpaired) electrons. The minimum atomic E-state index is -0.887. The lowest BCUT2D eigenvalue weighted by atomic mass is 10.0. The van der Waals surface area contributed by atoms with E-state index in [9.17, 15) is 14.4 Å². The largest absolute Gasteiger partial charge is 0.423 e. The third-order valence-corrected chi connectivity index (χ3v) is 6.94. The second-order valence-corrected chi connectivity index (χ2v) is 9.72. The first-order valence-electron chi connectivity index (χ1n) is 13.0. The highest BCUT2D eigenvalue weighted by Crippen LogP contribution is 2.22. The van der Waals surface area contributed by atoms with Crippen molar-refractivity contribution < 1.29 is 9.53 Å². The maximum absolute atomic E-state index is 13.1. The fourth-order valence-corrected chi connectivity index (χ4v) is 4.73. The van der Waals surface area contributed by atoms with E-state index in [1.54, 1.807) is 30.3 Å². The summed E-state index contributed by atoms with van der Waals surface area (Å²) in [4.78, 5) is 39.2. The van der Waals surface area contributed by atoms with Crippen LogP contribution in [0.25, 0.3) is 10.8 Å². The fraction of sp³-hybridized carbons (Fsp3) is 0.156. The number of carbonyl (C=O) groups excluding carboxylic acids is 1. The molecule has 40 heavy (non-hydrogen) atoms. The van der Waals surface area contributed by atoms with E-state index in [0.717, 1.165) is 42.3 Å². The third-order valence-electron chi connectivity index (χ3n) is 6.94. The van der Waals surface area contributed by atoms with Gasteiger partial charge in [-0.3, -0.25) is 15.0 Å². The number of hydrogen-bond donors (Lipinski definition) is 4. The Morgan fingerprint density at radius 2 is 1.52 bits per heavy atom. The molecule has 0 saturated carbocycles.